The van der Waals surface area contributed by atoms with Crippen LogP contribution in [0.15, 0.2) is 28.2 Å². The van der Waals surface area contributed by atoms with E-state index < -0.39 is 5.82 Å². The van der Waals surface area contributed by atoms with E-state index in [1.807, 2.05) is 0 Å². The average Bonchev–Trinajstić information content (AvgIpc) is 2.22. The third-order valence-electron chi connectivity index (χ3n) is 1.45. The number of hydrazone groups is 1. The van der Waals surface area contributed by atoms with E-state index in [0.717, 1.165) is 0 Å². The first-order valence-electron chi connectivity index (χ1n) is 3.80. The van der Waals surface area contributed by atoms with Gasteiger partial charge in [0.1, 0.15) is 18.0 Å². The molecule has 74 valence electrons. The summed E-state index contributed by atoms with van der Waals surface area (Å²) in [6, 6.07) is 7.25. The number of hydrogen-bond acceptors (Lipinski definition) is 5. The Balaban J connectivity index is 2.89. The molecule has 0 atom stereocenters. The van der Waals surface area contributed by atoms with Crippen molar-refractivity contribution in [1.29, 1.82) is 10.5 Å². The molecule has 1 rings (SSSR count). The highest BCUT2D eigenvalue weighted by molar-refractivity contribution is 7.80. The van der Waals surface area contributed by atoms with Crippen molar-refractivity contribution in [2.24, 2.45) is 5.10 Å². The maximum Gasteiger partial charge on any atom is 0.237 e. The molecule has 0 heterocycles. The monoisotopic (exact) mass is 220 g/mol. The molecule has 0 fully saturated rings. The van der Waals surface area contributed by atoms with Crippen LogP contribution in [0.25, 0.3) is 0 Å². The number of hydrogen-bond donors (Lipinski definition) is 2. The van der Waals surface area contributed by atoms with Crippen molar-refractivity contribution in [2.75, 3.05) is 5.43 Å². The van der Waals surface area contributed by atoms with Crippen LogP contribution in [-0.2, 0) is 0 Å². The summed E-state index contributed by atoms with van der Waals surface area (Å²) in [5.74, 6) is -0.554. The van der Waals surface area contributed by atoms with Crippen molar-refractivity contribution in [3.8, 4) is 12.1 Å². The highest BCUT2D eigenvalue weighted by Crippen LogP contribution is 2.17. The molecule has 15 heavy (non-hydrogen) atoms. The van der Waals surface area contributed by atoms with Gasteiger partial charge in [0.2, 0.25) is 5.71 Å². The van der Waals surface area contributed by atoms with Crippen molar-refractivity contribution >= 4 is 24.0 Å². The fourth-order valence-corrected chi connectivity index (χ4v) is 0.974. The van der Waals surface area contributed by atoms with Crippen LogP contribution in [0.3, 0.4) is 0 Å². The van der Waals surface area contributed by atoms with Crippen molar-refractivity contribution in [3.05, 3.63) is 24.0 Å². The summed E-state index contributed by atoms with van der Waals surface area (Å²) in [6.45, 7) is 0. The van der Waals surface area contributed by atoms with E-state index in [-0.39, 0.29) is 11.4 Å². The first-order chi connectivity index (χ1) is 7.17. The van der Waals surface area contributed by atoms with Crippen LogP contribution in [0.1, 0.15) is 0 Å². The molecule has 0 aliphatic heterocycles. The van der Waals surface area contributed by atoms with E-state index in [9.17, 15) is 4.39 Å². The lowest BCUT2D eigenvalue weighted by Crippen LogP contribution is -1.98. The van der Waals surface area contributed by atoms with E-state index in [0.29, 0.717) is 4.90 Å². The summed E-state index contributed by atoms with van der Waals surface area (Å²) < 4.78 is 13.2. The minimum Gasteiger partial charge on any atom is -0.274 e. The first-order valence-corrected chi connectivity index (χ1v) is 4.24. The number of thiol groups is 1. The van der Waals surface area contributed by atoms with Gasteiger partial charge in [-0.1, -0.05) is 0 Å². The lowest BCUT2D eigenvalue weighted by molar-refractivity contribution is 0.627. The molecule has 0 radical (unpaired) electrons. The Morgan fingerprint density at radius 1 is 1.40 bits per heavy atom. The molecule has 0 saturated carbocycles. The molecule has 0 saturated heterocycles. The third-order valence-corrected chi connectivity index (χ3v) is 1.73. The molecule has 0 bridgehead atoms. The maximum atomic E-state index is 13.2. The quantitative estimate of drug-likeness (QED) is 0.454. The van der Waals surface area contributed by atoms with E-state index in [1.54, 1.807) is 18.2 Å². The lowest BCUT2D eigenvalue weighted by Gasteiger charge is -2.01. The van der Waals surface area contributed by atoms with E-state index in [2.05, 4.69) is 23.2 Å². The summed E-state index contributed by atoms with van der Waals surface area (Å²) in [5.41, 5.74) is 1.98. The molecule has 0 amide bonds. The number of nitrogens with one attached hydrogen (secondary N) is 1. The highest BCUT2D eigenvalue weighted by Gasteiger charge is 2.01. The van der Waals surface area contributed by atoms with Gasteiger partial charge in [0.05, 0.1) is 5.69 Å². The van der Waals surface area contributed by atoms with Crippen LogP contribution >= 0.6 is 12.6 Å². The van der Waals surface area contributed by atoms with Crippen LogP contribution < -0.4 is 5.43 Å². The number of rotatable bonds is 2. The van der Waals surface area contributed by atoms with Gasteiger partial charge in [-0.05, 0) is 18.2 Å². The second-order valence-electron chi connectivity index (χ2n) is 2.46. The predicted octanol–water partition coefficient (Wildman–Crippen LogP) is 1.93. The number of nitriles is 2. The summed E-state index contributed by atoms with van der Waals surface area (Å²) in [7, 11) is 0. The Hall–Kier alpha value is -2.05. The smallest absolute Gasteiger partial charge is 0.237 e. The number of benzene rings is 1. The Bertz CT molecular complexity index is 468. The van der Waals surface area contributed by atoms with Crippen molar-refractivity contribution < 1.29 is 4.39 Å². The number of halogens is 1. The Kier molecular flexibility index (Phi) is 3.67. The SMILES string of the molecule is N#CC(C#N)=NNc1ccc(S)cc1F. The second kappa shape index (κ2) is 4.99. The summed E-state index contributed by atoms with van der Waals surface area (Å²) in [6.07, 6.45) is 0. The predicted molar refractivity (Wildman–Crippen MR) is 55.9 cm³/mol. The fourth-order valence-electron chi connectivity index (χ4n) is 0.786. The van der Waals surface area contributed by atoms with Gasteiger partial charge in [-0.2, -0.15) is 15.6 Å². The Morgan fingerprint density at radius 3 is 2.60 bits per heavy atom. The van der Waals surface area contributed by atoms with Gasteiger partial charge in [0.25, 0.3) is 0 Å². The van der Waals surface area contributed by atoms with Gasteiger partial charge in [-0.15, -0.1) is 12.6 Å². The molecular formula is C9H5FN4S. The van der Waals surface area contributed by atoms with Crippen molar-refractivity contribution in [1.82, 2.24) is 0 Å². The second-order valence-corrected chi connectivity index (χ2v) is 2.98. The normalized spacial score (nSPS) is 8.53. The summed E-state index contributed by atoms with van der Waals surface area (Å²) in [4.78, 5) is 0.475. The van der Waals surface area contributed by atoms with Gasteiger partial charge >= 0.3 is 0 Å². The van der Waals surface area contributed by atoms with Crippen LogP contribution in [0.4, 0.5) is 10.1 Å². The third kappa shape index (κ3) is 2.97. The summed E-state index contributed by atoms with van der Waals surface area (Å²) >= 11 is 3.94. The molecule has 0 aliphatic carbocycles. The lowest BCUT2D eigenvalue weighted by atomic mass is 10.3. The van der Waals surface area contributed by atoms with Crippen molar-refractivity contribution in [2.45, 2.75) is 4.90 Å². The van der Waals surface area contributed by atoms with Gasteiger partial charge < -0.3 is 0 Å². The molecule has 4 nitrogen and oxygen atoms in total. The van der Waals surface area contributed by atoms with Gasteiger partial charge in [-0.25, -0.2) is 4.39 Å². The van der Waals surface area contributed by atoms with E-state index in [4.69, 9.17) is 10.5 Å². The topological polar surface area (TPSA) is 72.0 Å². The average molecular weight is 220 g/mol. The number of anilines is 1. The zero-order valence-corrected chi connectivity index (χ0v) is 8.29. The van der Waals surface area contributed by atoms with Crippen LogP contribution in [-0.4, -0.2) is 5.71 Å². The largest absolute Gasteiger partial charge is 0.274 e. The molecule has 1 aromatic carbocycles. The molecule has 0 unspecified atom stereocenters. The molecule has 0 spiro atoms. The van der Waals surface area contributed by atoms with Gasteiger partial charge in [0.15, 0.2) is 0 Å². The molecule has 6 heteroatoms. The first kappa shape index (κ1) is 11.0. The standard InChI is InChI=1S/C9H5FN4S/c10-8-3-7(15)1-2-9(8)14-13-6(4-11)5-12/h1-3,14-15H. The van der Waals surface area contributed by atoms with Gasteiger partial charge in [-0.3, -0.25) is 5.43 Å². The molecule has 1 N–H and O–H groups in total. The molecule has 0 aliphatic rings. The number of nitrogens with zero attached hydrogens (tertiary/aromatic N) is 3. The fraction of sp³-hybridized carbons (Fsp3) is 0. The Morgan fingerprint density at radius 2 is 2.07 bits per heavy atom. The zero-order chi connectivity index (χ0) is 11.3. The van der Waals surface area contributed by atoms with Crippen LogP contribution in [0, 0.1) is 28.5 Å². The zero-order valence-electron chi connectivity index (χ0n) is 7.40. The highest BCUT2D eigenvalue weighted by atomic mass is 32.1. The van der Waals surface area contributed by atoms with E-state index >= 15 is 0 Å². The van der Waals surface area contributed by atoms with Crippen molar-refractivity contribution in [3.63, 3.8) is 0 Å². The van der Waals surface area contributed by atoms with E-state index in [1.165, 1.54) is 12.1 Å². The minimum absolute atomic E-state index is 0.0794. The van der Waals surface area contributed by atoms with Gasteiger partial charge in [0, 0.05) is 4.90 Å². The summed E-state index contributed by atoms with van der Waals surface area (Å²) in [5, 5.41) is 20.1. The molecule has 1 aromatic rings. The minimum atomic E-state index is -0.554. The molecule has 0 aromatic heterocycles. The Labute approximate surface area is 91.0 Å². The molecular weight excluding hydrogens is 215 g/mol. The maximum absolute atomic E-state index is 13.2. The van der Waals surface area contributed by atoms with Crippen LogP contribution in [0.2, 0.25) is 0 Å². The van der Waals surface area contributed by atoms with Crippen LogP contribution in [0.5, 0.6) is 0 Å².